The fourth-order valence-electron chi connectivity index (χ4n) is 1.75. The molecule has 0 aromatic rings. The van der Waals surface area contributed by atoms with E-state index in [1.54, 1.807) is 0 Å². The molecular weight excluding hydrogens is 192 g/mol. The van der Waals surface area contributed by atoms with Crippen molar-refractivity contribution in [2.45, 2.75) is 44.6 Å². The van der Waals surface area contributed by atoms with Crippen LogP contribution in [-0.4, -0.2) is 31.7 Å². The van der Waals surface area contributed by atoms with Gasteiger partial charge in [-0.25, -0.2) is 0 Å². The Kier molecular flexibility index (Phi) is 6.36. The highest BCUT2D eigenvalue weighted by atomic mass is 16.5. The number of amides is 1. The summed E-state index contributed by atoms with van der Waals surface area (Å²) in [5.74, 6) is 0.141. The normalized spacial score (nSPS) is 20.5. The number of hydrogen-bond acceptors (Lipinski definition) is 3. The molecule has 3 N–H and O–H groups in total. The second-order valence-electron chi connectivity index (χ2n) is 4.02. The molecule has 0 saturated carbocycles. The molecule has 4 heteroatoms. The maximum atomic E-state index is 11.4. The van der Waals surface area contributed by atoms with E-state index < -0.39 is 0 Å². The van der Waals surface area contributed by atoms with Gasteiger partial charge in [0.2, 0.25) is 5.91 Å². The highest BCUT2D eigenvalue weighted by molar-refractivity contribution is 5.75. The number of ether oxygens (including phenoxy) is 1. The summed E-state index contributed by atoms with van der Waals surface area (Å²) in [6, 6.07) is 0. The molecule has 0 spiro atoms. The minimum Gasteiger partial charge on any atom is -0.378 e. The first-order valence-corrected chi connectivity index (χ1v) is 5.91. The van der Waals surface area contributed by atoms with Crippen molar-refractivity contribution in [2.24, 2.45) is 5.73 Å². The first-order valence-electron chi connectivity index (χ1n) is 5.91. The standard InChI is InChI=1S/C11H22N2O2/c12-7-1-2-8-13-11(14)6-5-10-4-3-9-15-10/h10H,1-9,12H2,(H,13,14). The van der Waals surface area contributed by atoms with Gasteiger partial charge >= 0.3 is 0 Å². The first kappa shape index (κ1) is 12.5. The van der Waals surface area contributed by atoms with Crippen molar-refractivity contribution >= 4 is 5.91 Å². The summed E-state index contributed by atoms with van der Waals surface area (Å²) in [4.78, 5) is 11.4. The summed E-state index contributed by atoms with van der Waals surface area (Å²) in [6.45, 7) is 2.32. The Morgan fingerprint density at radius 1 is 1.47 bits per heavy atom. The van der Waals surface area contributed by atoms with E-state index >= 15 is 0 Å². The molecule has 0 aromatic carbocycles. The lowest BCUT2D eigenvalue weighted by Gasteiger charge is -2.09. The van der Waals surface area contributed by atoms with E-state index in [9.17, 15) is 4.79 Å². The van der Waals surface area contributed by atoms with Crippen LogP contribution in [0.2, 0.25) is 0 Å². The SMILES string of the molecule is NCCCCNC(=O)CCC1CCCO1. The molecule has 88 valence electrons. The third-order valence-corrected chi connectivity index (χ3v) is 2.67. The molecule has 0 aromatic heterocycles. The minimum absolute atomic E-state index is 0.141. The molecule has 1 saturated heterocycles. The molecule has 0 radical (unpaired) electrons. The van der Waals surface area contributed by atoms with Crippen molar-refractivity contribution in [3.05, 3.63) is 0 Å². The summed E-state index contributed by atoms with van der Waals surface area (Å²) >= 11 is 0. The Labute approximate surface area is 91.5 Å². The number of nitrogens with one attached hydrogen (secondary N) is 1. The Bertz CT molecular complexity index is 179. The summed E-state index contributed by atoms with van der Waals surface area (Å²) in [6.07, 6.45) is 5.98. The molecule has 1 aliphatic rings. The second-order valence-corrected chi connectivity index (χ2v) is 4.02. The molecule has 15 heavy (non-hydrogen) atoms. The molecule has 1 aliphatic heterocycles. The maximum absolute atomic E-state index is 11.4. The van der Waals surface area contributed by atoms with Gasteiger partial charge in [0.05, 0.1) is 6.10 Å². The van der Waals surface area contributed by atoms with Gasteiger partial charge in [0, 0.05) is 19.6 Å². The van der Waals surface area contributed by atoms with Gasteiger partial charge in [-0.15, -0.1) is 0 Å². The van der Waals surface area contributed by atoms with Crippen LogP contribution in [0.15, 0.2) is 0 Å². The van der Waals surface area contributed by atoms with Gasteiger partial charge in [0.15, 0.2) is 0 Å². The second kappa shape index (κ2) is 7.65. The lowest BCUT2D eigenvalue weighted by Crippen LogP contribution is -2.25. The van der Waals surface area contributed by atoms with E-state index in [-0.39, 0.29) is 5.91 Å². The van der Waals surface area contributed by atoms with Gasteiger partial charge in [0.1, 0.15) is 0 Å². The third kappa shape index (κ3) is 5.74. The number of nitrogens with two attached hydrogens (primary N) is 1. The molecule has 4 nitrogen and oxygen atoms in total. The van der Waals surface area contributed by atoms with E-state index in [1.807, 2.05) is 0 Å². The van der Waals surface area contributed by atoms with Crippen molar-refractivity contribution in [1.29, 1.82) is 0 Å². The van der Waals surface area contributed by atoms with E-state index in [1.165, 1.54) is 0 Å². The fraction of sp³-hybridized carbons (Fsp3) is 0.909. The number of unbranched alkanes of at least 4 members (excludes halogenated alkanes) is 1. The molecule has 1 atom stereocenters. The Morgan fingerprint density at radius 3 is 3.00 bits per heavy atom. The van der Waals surface area contributed by atoms with Crippen LogP contribution in [0.5, 0.6) is 0 Å². The highest BCUT2D eigenvalue weighted by Gasteiger charge is 2.16. The highest BCUT2D eigenvalue weighted by Crippen LogP contribution is 2.16. The topological polar surface area (TPSA) is 64.3 Å². The molecule has 0 bridgehead atoms. The number of rotatable bonds is 7. The van der Waals surface area contributed by atoms with Crippen LogP contribution in [0, 0.1) is 0 Å². The molecule has 1 fully saturated rings. The molecule has 1 rings (SSSR count). The van der Waals surface area contributed by atoms with Gasteiger partial charge in [-0.2, -0.15) is 0 Å². The average Bonchev–Trinajstić information content (AvgIpc) is 2.74. The zero-order chi connectivity index (χ0) is 10.9. The molecule has 0 aliphatic carbocycles. The zero-order valence-electron chi connectivity index (χ0n) is 9.34. The molecular formula is C11H22N2O2. The van der Waals surface area contributed by atoms with Gasteiger partial charge in [0.25, 0.3) is 0 Å². The number of hydrogen-bond donors (Lipinski definition) is 2. The van der Waals surface area contributed by atoms with Crippen LogP contribution in [0.4, 0.5) is 0 Å². The van der Waals surface area contributed by atoms with Crippen molar-refractivity contribution in [1.82, 2.24) is 5.32 Å². The van der Waals surface area contributed by atoms with Crippen molar-refractivity contribution in [2.75, 3.05) is 19.7 Å². The van der Waals surface area contributed by atoms with Gasteiger partial charge in [-0.3, -0.25) is 4.79 Å². The molecule has 1 heterocycles. The van der Waals surface area contributed by atoms with E-state index in [4.69, 9.17) is 10.5 Å². The zero-order valence-corrected chi connectivity index (χ0v) is 9.34. The summed E-state index contributed by atoms with van der Waals surface area (Å²) in [5.41, 5.74) is 5.36. The smallest absolute Gasteiger partial charge is 0.220 e. The number of carbonyl (C=O) groups is 1. The fourth-order valence-corrected chi connectivity index (χ4v) is 1.75. The third-order valence-electron chi connectivity index (χ3n) is 2.67. The Balaban J connectivity index is 1.93. The maximum Gasteiger partial charge on any atom is 0.220 e. The van der Waals surface area contributed by atoms with Crippen molar-refractivity contribution in [3.63, 3.8) is 0 Å². The quantitative estimate of drug-likeness (QED) is 0.616. The summed E-state index contributed by atoms with van der Waals surface area (Å²) in [7, 11) is 0. The van der Waals surface area contributed by atoms with Crippen LogP contribution >= 0.6 is 0 Å². The van der Waals surface area contributed by atoms with Crippen LogP contribution < -0.4 is 11.1 Å². The predicted molar refractivity (Wildman–Crippen MR) is 59.5 cm³/mol. The Hall–Kier alpha value is -0.610. The number of carbonyl (C=O) groups excluding carboxylic acids is 1. The van der Waals surface area contributed by atoms with Crippen molar-refractivity contribution in [3.8, 4) is 0 Å². The summed E-state index contributed by atoms with van der Waals surface area (Å²) < 4.78 is 5.45. The van der Waals surface area contributed by atoms with Gasteiger partial charge in [-0.05, 0) is 38.6 Å². The lowest BCUT2D eigenvalue weighted by molar-refractivity contribution is -0.121. The summed E-state index contributed by atoms with van der Waals surface area (Å²) in [5, 5.41) is 2.89. The largest absolute Gasteiger partial charge is 0.378 e. The van der Waals surface area contributed by atoms with Gasteiger partial charge < -0.3 is 15.8 Å². The monoisotopic (exact) mass is 214 g/mol. The van der Waals surface area contributed by atoms with E-state index in [2.05, 4.69) is 5.32 Å². The van der Waals surface area contributed by atoms with E-state index in [0.29, 0.717) is 19.1 Å². The van der Waals surface area contributed by atoms with Crippen LogP contribution in [-0.2, 0) is 9.53 Å². The first-order chi connectivity index (χ1) is 7.33. The molecule has 1 unspecified atom stereocenters. The minimum atomic E-state index is 0.141. The Morgan fingerprint density at radius 2 is 2.33 bits per heavy atom. The predicted octanol–water partition coefficient (Wildman–Crippen LogP) is 0.801. The lowest BCUT2D eigenvalue weighted by atomic mass is 10.1. The van der Waals surface area contributed by atoms with Gasteiger partial charge in [-0.1, -0.05) is 0 Å². The average molecular weight is 214 g/mol. The molecule has 1 amide bonds. The van der Waals surface area contributed by atoms with Crippen LogP contribution in [0.1, 0.15) is 38.5 Å². The van der Waals surface area contributed by atoms with Crippen LogP contribution in [0.3, 0.4) is 0 Å². The van der Waals surface area contributed by atoms with Crippen molar-refractivity contribution < 1.29 is 9.53 Å². The van der Waals surface area contributed by atoms with Crippen LogP contribution in [0.25, 0.3) is 0 Å². The van der Waals surface area contributed by atoms with E-state index in [0.717, 1.165) is 45.3 Å².